The lowest BCUT2D eigenvalue weighted by molar-refractivity contribution is 0.146. The highest BCUT2D eigenvalue weighted by molar-refractivity contribution is 5.75. The van der Waals surface area contributed by atoms with Gasteiger partial charge in [-0.3, -0.25) is 9.88 Å². The van der Waals surface area contributed by atoms with E-state index in [4.69, 9.17) is 9.47 Å². The van der Waals surface area contributed by atoms with Gasteiger partial charge in [-0.25, -0.2) is 0 Å². The molecule has 5 nitrogen and oxygen atoms in total. The first-order valence-corrected chi connectivity index (χ1v) is 9.68. The number of likely N-dealkylation sites (tertiary alicyclic amines) is 1. The number of hydrogen-bond acceptors (Lipinski definition) is 4. The lowest BCUT2D eigenvalue weighted by atomic mass is 9.93. The molecule has 0 aliphatic carbocycles. The minimum atomic E-state index is 0.588. The largest absolute Gasteiger partial charge is 0.491 e. The molecule has 0 unspecified atom stereocenters. The first-order chi connectivity index (χ1) is 13.3. The molecule has 0 spiro atoms. The summed E-state index contributed by atoms with van der Waals surface area (Å²) in [5, 5.41) is 0. The van der Waals surface area contributed by atoms with Crippen LogP contribution in [-0.4, -0.2) is 48.3 Å². The van der Waals surface area contributed by atoms with Crippen LogP contribution in [0.5, 0.6) is 5.75 Å². The molecule has 1 saturated heterocycles. The molecule has 0 bridgehead atoms. The minimum Gasteiger partial charge on any atom is -0.491 e. The zero-order valence-corrected chi connectivity index (χ0v) is 15.9. The molecule has 0 amide bonds. The highest BCUT2D eigenvalue weighted by atomic mass is 16.5. The Bertz CT molecular complexity index is 836. The quantitative estimate of drug-likeness (QED) is 0.644. The second kappa shape index (κ2) is 8.55. The fraction of sp³-hybridized carbons (Fsp3) is 0.409. The molecule has 0 atom stereocenters. The number of aromatic amines is 1. The van der Waals surface area contributed by atoms with E-state index in [0.717, 1.165) is 36.4 Å². The van der Waals surface area contributed by atoms with E-state index in [2.05, 4.69) is 45.2 Å². The van der Waals surface area contributed by atoms with Gasteiger partial charge in [0.25, 0.3) is 0 Å². The summed E-state index contributed by atoms with van der Waals surface area (Å²) in [6.45, 7) is 4.40. The Morgan fingerprint density at radius 2 is 2.00 bits per heavy atom. The lowest BCUT2D eigenvalue weighted by Crippen LogP contribution is -2.32. The summed E-state index contributed by atoms with van der Waals surface area (Å²) in [7, 11) is 1.69. The van der Waals surface area contributed by atoms with Crippen LogP contribution < -0.4 is 4.74 Å². The molecule has 5 heteroatoms. The summed E-state index contributed by atoms with van der Waals surface area (Å²) in [4.78, 5) is 10.5. The number of nitrogens with zero attached hydrogens (tertiary/aromatic N) is 2. The topological polar surface area (TPSA) is 50.4 Å². The number of benzene rings is 1. The normalized spacial score (nSPS) is 16.0. The predicted molar refractivity (Wildman–Crippen MR) is 107 cm³/mol. The maximum atomic E-state index is 5.73. The van der Waals surface area contributed by atoms with Gasteiger partial charge in [0, 0.05) is 31.5 Å². The molecule has 3 aromatic rings. The molecular formula is C22H27N3O2. The van der Waals surface area contributed by atoms with Crippen LogP contribution in [0.1, 0.15) is 30.0 Å². The average Bonchev–Trinajstić information content (AvgIpc) is 3.13. The van der Waals surface area contributed by atoms with E-state index < -0.39 is 0 Å². The fourth-order valence-electron chi connectivity index (χ4n) is 3.83. The van der Waals surface area contributed by atoms with Crippen LogP contribution in [0.3, 0.4) is 0 Å². The fourth-order valence-corrected chi connectivity index (χ4v) is 3.83. The number of methoxy groups -OCH3 is 1. The number of ether oxygens (including phenoxy) is 2. The van der Waals surface area contributed by atoms with Gasteiger partial charge in [-0.1, -0.05) is 12.1 Å². The Morgan fingerprint density at radius 3 is 2.81 bits per heavy atom. The predicted octanol–water partition coefficient (Wildman–Crippen LogP) is 3.97. The third-order valence-corrected chi connectivity index (χ3v) is 5.30. The van der Waals surface area contributed by atoms with Gasteiger partial charge in [-0.2, -0.15) is 0 Å². The maximum absolute atomic E-state index is 5.73. The number of hydrogen-bond donors (Lipinski definition) is 1. The van der Waals surface area contributed by atoms with Gasteiger partial charge in [0.05, 0.1) is 17.6 Å². The van der Waals surface area contributed by atoms with Crippen LogP contribution in [0.25, 0.3) is 11.0 Å². The van der Waals surface area contributed by atoms with Crippen molar-refractivity contribution in [3.05, 3.63) is 59.9 Å². The Morgan fingerprint density at radius 1 is 1.11 bits per heavy atom. The first kappa shape index (κ1) is 18.0. The summed E-state index contributed by atoms with van der Waals surface area (Å²) in [6, 6.07) is 14.7. The Balaban J connectivity index is 1.32. The summed E-state index contributed by atoms with van der Waals surface area (Å²) in [5.41, 5.74) is 4.84. The van der Waals surface area contributed by atoms with Gasteiger partial charge >= 0.3 is 0 Å². The summed E-state index contributed by atoms with van der Waals surface area (Å²) in [6.07, 6.45) is 4.21. The van der Waals surface area contributed by atoms with Crippen molar-refractivity contribution >= 4 is 11.0 Å². The highest BCUT2D eigenvalue weighted by Crippen LogP contribution is 2.30. The van der Waals surface area contributed by atoms with Crippen molar-refractivity contribution in [2.75, 3.05) is 33.4 Å². The third kappa shape index (κ3) is 4.49. The van der Waals surface area contributed by atoms with E-state index in [1.54, 1.807) is 7.11 Å². The Hall–Kier alpha value is -2.37. The van der Waals surface area contributed by atoms with Crippen LogP contribution in [0.15, 0.2) is 48.7 Å². The molecule has 1 aliphatic rings. The van der Waals surface area contributed by atoms with Gasteiger partial charge in [0.15, 0.2) is 0 Å². The van der Waals surface area contributed by atoms with Crippen molar-refractivity contribution in [3.63, 3.8) is 0 Å². The van der Waals surface area contributed by atoms with E-state index in [1.807, 2.05) is 18.3 Å². The first-order valence-electron chi connectivity index (χ1n) is 9.68. The molecule has 142 valence electrons. The second-order valence-corrected chi connectivity index (χ2v) is 7.20. The number of nitrogens with one attached hydrogen (secondary N) is 1. The number of piperidine rings is 1. The van der Waals surface area contributed by atoms with E-state index in [0.29, 0.717) is 19.1 Å². The molecule has 1 fully saturated rings. The molecule has 3 heterocycles. The molecule has 1 N–H and O–H groups in total. The van der Waals surface area contributed by atoms with Crippen molar-refractivity contribution in [3.8, 4) is 5.75 Å². The van der Waals surface area contributed by atoms with Crippen molar-refractivity contribution in [1.82, 2.24) is 14.9 Å². The smallest absolute Gasteiger partial charge is 0.119 e. The molecule has 0 radical (unpaired) electrons. The van der Waals surface area contributed by atoms with E-state index >= 15 is 0 Å². The number of aromatic nitrogens is 2. The van der Waals surface area contributed by atoms with Crippen molar-refractivity contribution < 1.29 is 9.47 Å². The van der Waals surface area contributed by atoms with Crippen LogP contribution in [0, 0.1) is 0 Å². The van der Waals surface area contributed by atoms with Gasteiger partial charge in [0.1, 0.15) is 12.4 Å². The third-order valence-electron chi connectivity index (χ3n) is 5.30. The minimum absolute atomic E-state index is 0.588. The number of pyridine rings is 1. The van der Waals surface area contributed by atoms with Gasteiger partial charge in [-0.15, -0.1) is 0 Å². The molecule has 1 aromatic carbocycles. The number of rotatable bonds is 7. The molecule has 27 heavy (non-hydrogen) atoms. The van der Waals surface area contributed by atoms with Crippen LogP contribution >= 0.6 is 0 Å². The van der Waals surface area contributed by atoms with E-state index in [9.17, 15) is 0 Å². The molecule has 1 aliphatic heterocycles. The van der Waals surface area contributed by atoms with Gasteiger partial charge < -0.3 is 14.5 Å². The SMILES string of the molecule is COCCOc1cccc(CN2CCC(c3cc4ncccc4[nH]3)CC2)c1. The summed E-state index contributed by atoms with van der Waals surface area (Å²) < 4.78 is 10.8. The molecular weight excluding hydrogens is 338 g/mol. The highest BCUT2D eigenvalue weighted by Gasteiger charge is 2.22. The summed E-state index contributed by atoms with van der Waals surface area (Å²) in [5.74, 6) is 1.52. The van der Waals surface area contributed by atoms with Crippen molar-refractivity contribution in [2.45, 2.75) is 25.3 Å². The zero-order valence-electron chi connectivity index (χ0n) is 15.9. The Labute approximate surface area is 160 Å². The standard InChI is InChI=1S/C22H27N3O2/c1-26-12-13-27-19-5-2-4-17(14-19)16-25-10-7-18(8-11-25)21-15-22-20(24-21)6-3-9-23-22/h2-6,9,14-15,18,24H,7-8,10-13,16H2,1H3. The molecule has 2 aromatic heterocycles. The van der Waals surface area contributed by atoms with E-state index in [-0.39, 0.29) is 0 Å². The van der Waals surface area contributed by atoms with Crippen molar-refractivity contribution in [1.29, 1.82) is 0 Å². The van der Waals surface area contributed by atoms with Crippen molar-refractivity contribution in [2.24, 2.45) is 0 Å². The van der Waals surface area contributed by atoms with Crippen LogP contribution in [-0.2, 0) is 11.3 Å². The zero-order chi connectivity index (χ0) is 18.5. The second-order valence-electron chi connectivity index (χ2n) is 7.20. The molecule has 0 saturated carbocycles. The number of H-pyrrole nitrogens is 1. The van der Waals surface area contributed by atoms with E-state index in [1.165, 1.54) is 24.1 Å². The van der Waals surface area contributed by atoms with Gasteiger partial charge in [-0.05, 0) is 61.8 Å². The molecule has 4 rings (SSSR count). The lowest BCUT2D eigenvalue weighted by Gasteiger charge is -2.31. The Kier molecular flexibility index (Phi) is 5.70. The van der Waals surface area contributed by atoms with Crippen LogP contribution in [0.2, 0.25) is 0 Å². The summed E-state index contributed by atoms with van der Waals surface area (Å²) >= 11 is 0. The monoisotopic (exact) mass is 365 g/mol. The number of fused-ring (bicyclic) bond motifs is 1. The maximum Gasteiger partial charge on any atom is 0.119 e. The van der Waals surface area contributed by atoms with Gasteiger partial charge in [0.2, 0.25) is 0 Å². The average molecular weight is 365 g/mol. The van der Waals surface area contributed by atoms with Crippen LogP contribution in [0.4, 0.5) is 0 Å².